The van der Waals surface area contributed by atoms with E-state index in [0.29, 0.717) is 5.56 Å². The maximum atomic E-state index is 12.2. The van der Waals surface area contributed by atoms with E-state index in [-0.39, 0.29) is 11.8 Å². The van der Waals surface area contributed by atoms with Gasteiger partial charge >= 0.3 is 0 Å². The van der Waals surface area contributed by atoms with E-state index in [2.05, 4.69) is 26.2 Å². The van der Waals surface area contributed by atoms with Crippen molar-refractivity contribution in [3.63, 3.8) is 0 Å². The molecule has 18 heavy (non-hydrogen) atoms. The zero-order chi connectivity index (χ0) is 13.0. The first-order valence-corrected chi connectivity index (χ1v) is 6.42. The lowest BCUT2D eigenvalue weighted by Gasteiger charge is -2.13. The molecule has 1 aromatic heterocycles. The van der Waals surface area contributed by atoms with Gasteiger partial charge in [-0.25, -0.2) is 0 Å². The molecule has 4 heteroatoms. The highest BCUT2D eigenvalue weighted by Crippen LogP contribution is 2.15. The molecule has 0 saturated heterocycles. The van der Waals surface area contributed by atoms with Crippen LogP contribution in [0.2, 0.25) is 0 Å². The van der Waals surface area contributed by atoms with Crippen molar-refractivity contribution >= 4 is 27.4 Å². The molecule has 3 nitrogen and oxygen atoms in total. The molecule has 1 unspecified atom stereocenters. The molecule has 92 valence electrons. The molecule has 0 aliphatic carbocycles. The van der Waals surface area contributed by atoms with Crippen LogP contribution in [0, 0.1) is 0 Å². The number of nitrogens with zero attached hydrogens (tertiary/aromatic N) is 1. The molecule has 0 amide bonds. The van der Waals surface area contributed by atoms with E-state index in [1.807, 2.05) is 43.3 Å². The number of carbonyl (C=O) groups is 1. The van der Waals surface area contributed by atoms with Crippen LogP contribution in [-0.2, 0) is 0 Å². The number of rotatable bonds is 4. The zero-order valence-corrected chi connectivity index (χ0v) is 11.5. The third kappa shape index (κ3) is 3.17. The number of pyridine rings is 1. The minimum absolute atomic E-state index is 0.0557. The minimum atomic E-state index is -0.288. The average molecular weight is 305 g/mol. The van der Waals surface area contributed by atoms with Gasteiger partial charge in [-0.2, -0.15) is 0 Å². The lowest BCUT2D eigenvalue weighted by atomic mass is 10.1. The summed E-state index contributed by atoms with van der Waals surface area (Å²) >= 11 is 3.36. The first-order valence-electron chi connectivity index (χ1n) is 5.63. The number of hydrogen-bond donors (Lipinski definition) is 1. The van der Waals surface area contributed by atoms with Crippen molar-refractivity contribution in [2.24, 2.45) is 0 Å². The number of Topliss-reactive ketones (excluding diaryl/α,β-unsaturated/α-hetero) is 1. The van der Waals surface area contributed by atoms with Crippen LogP contribution in [0.1, 0.15) is 17.3 Å². The number of halogens is 1. The van der Waals surface area contributed by atoms with Crippen molar-refractivity contribution in [2.75, 3.05) is 5.32 Å². The highest BCUT2D eigenvalue weighted by atomic mass is 79.9. The van der Waals surface area contributed by atoms with Gasteiger partial charge in [-0.1, -0.05) is 28.1 Å². The number of aromatic nitrogens is 1. The van der Waals surface area contributed by atoms with Crippen LogP contribution in [0.25, 0.3) is 0 Å². The molecule has 2 rings (SSSR count). The van der Waals surface area contributed by atoms with E-state index in [1.54, 1.807) is 12.4 Å². The van der Waals surface area contributed by atoms with Gasteiger partial charge in [0, 0.05) is 22.4 Å². The quantitative estimate of drug-likeness (QED) is 0.879. The second-order valence-corrected chi connectivity index (χ2v) is 4.90. The summed E-state index contributed by atoms with van der Waals surface area (Å²) in [7, 11) is 0. The van der Waals surface area contributed by atoms with Crippen LogP contribution >= 0.6 is 15.9 Å². The molecule has 0 aliphatic rings. The first-order chi connectivity index (χ1) is 8.66. The molecule has 1 aromatic carbocycles. The smallest absolute Gasteiger partial charge is 0.184 e. The molecule has 2 aromatic rings. The number of nitrogens with one attached hydrogen (secondary N) is 1. The molecule has 0 aliphatic heterocycles. The van der Waals surface area contributed by atoms with Crippen LogP contribution in [0.4, 0.5) is 5.69 Å². The van der Waals surface area contributed by atoms with Gasteiger partial charge in [0.15, 0.2) is 5.78 Å². The Bertz CT molecular complexity index is 543. The second kappa shape index (κ2) is 5.78. The van der Waals surface area contributed by atoms with Crippen molar-refractivity contribution in [3.05, 3.63) is 58.8 Å². The van der Waals surface area contributed by atoms with Crippen molar-refractivity contribution in [3.8, 4) is 0 Å². The van der Waals surface area contributed by atoms with Crippen LogP contribution in [-0.4, -0.2) is 16.8 Å². The van der Waals surface area contributed by atoms with E-state index in [4.69, 9.17) is 0 Å². The van der Waals surface area contributed by atoms with Crippen molar-refractivity contribution in [1.82, 2.24) is 4.98 Å². The summed E-state index contributed by atoms with van der Waals surface area (Å²) in [5.74, 6) is 0.0557. The molecule has 0 saturated carbocycles. The Labute approximate surface area is 114 Å². The Morgan fingerprint density at radius 1 is 1.33 bits per heavy atom. The summed E-state index contributed by atoms with van der Waals surface area (Å²) in [4.78, 5) is 16.2. The monoisotopic (exact) mass is 304 g/mol. The second-order valence-electron chi connectivity index (χ2n) is 3.98. The Hall–Kier alpha value is -1.68. The molecule has 0 fully saturated rings. The fraction of sp³-hybridized carbons (Fsp3) is 0.143. The number of ketones is 1. The number of anilines is 1. The third-order valence-electron chi connectivity index (χ3n) is 2.55. The minimum Gasteiger partial charge on any atom is -0.374 e. The van der Waals surface area contributed by atoms with Gasteiger partial charge in [0.1, 0.15) is 0 Å². The van der Waals surface area contributed by atoms with Gasteiger partial charge in [0.2, 0.25) is 0 Å². The van der Waals surface area contributed by atoms with Crippen LogP contribution in [0.5, 0.6) is 0 Å². The van der Waals surface area contributed by atoms with Crippen LogP contribution in [0.15, 0.2) is 53.3 Å². The summed E-state index contributed by atoms with van der Waals surface area (Å²) in [6.45, 7) is 1.84. The zero-order valence-electron chi connectivity index (χ0n) is 9.93. The third-order valence-corrected chi connectivity index (χ3v) is 3.04. The van der Waals surface area contributed by atoms with Crippen molar-refractivity contribution in [2.45, 2.75) is 13.0 Å². The van der Waals surface area contributed by atoms with Crippen LogP contribution < -0.4 is 5.32 Å². The molecule has 0 radical (unpaired) electrons. The lowest BCUT2D eigenvalue weighted by Crippen LogP contribution is -2.26. The maximum absolute atomic E-state index is 12.2. The summed E-state index contributed by atoms with van der Waals surface area (Å²) < 4.78 is 0.905. The molecule has 1 heterocycles. The Kier molecular flexibility index (Phi) is 4.10. The largest absolute Gasteiger partial charge is 0.374 e. The SMILES string of the molecule is CC(Nc1cccnc1)C(=O)c1cccc(Br)c1. The molecule has 0 bridgehead atoms. The van der Waals surface area contributed by atoms with Gasteiger partial charge in [-0.3, -0.25) is 9.78 Å². The Balaban J connectivity index is 2.10. The van der Waals surface area contributed by atoms with Gasteiger partial charge in [-0.15, -0.1) is 0 Å². The van der Waals surface area contributed by atoms with E-state index < -0.39 is 0 Å². The summed E-state index contributed by atoms with van der Waals surface area (Å²) in [6.07, 6.45) is 3.40. The molecular formula is C14H13BrN2O. The normalized spacial score (nSPS) is 11.9. The predicted molar refractivity (Wildman–Crippen MR) is 75.8 cm³/mol. The fourth-order valence-electron chi connectivity index (χ4n) is 1.66. The van der Waals surface area contributed by atoms with Crippen molar-refractivity contribution < 1.29 is 4.79 Å². The highest BCUT2D eigenvalue weighted by molar-refractivity contribution is 9.10. The molecule has 0 spiro atoms. The number of hydrogen-bond acceptors (Lipinski definition) is 3. The average Bonchev–Trinajstić information content (AvgIpc) is 2.39. The van der Waals surface area contributed by atoms with E-state index in [9.17, 15) is 4.79 Å². The van der Waals surface area contributed by atoms with Crippen molar-refractivity contribution in [1.29, 1.82) is 0 Å². The number of carbonyl (C=O) groups excluding carboxylic acids is 1. The summed E-state index contributed by atoms with van der Waals surface area (Å²) in [5, 5.41) is 3.13. The fourth-order valence-corrected chi connectivity index (χ4v) is 2.05. The van der Waals surface area contributed by atoms with E-state index in [0.717, 1.165) is 10.2 Å². The Morgan fingerprint density at radius 2 is 2.17 bits per heavy atom. The molecular weight excluding hydrogens is 292 g/mol. The molecule has 1 atom stereocenters. The van der Waals surface area contributed by atoms with Gasteiger partial charge in [0.05, 0.1) is 11.7 Å². The van der Waals surface area contributed by atoms with Gasteiger partial charge < -0.3 is 5.32 Å². The predicted octanol–water partition coefficient (Wildman–Crippen LogP) is 3.53. The van der Waals surface area contributed by atoms with Gasteiger partial charge in [-0.05, 0) is 31.2 Å². The lowest BCUT2D eigenvalue weighted by molar-refractivity contribution is 0.0975. The molecule has 1 N–H and O–H groups in total. The van der Waals surface area contributed by atoms with E-state index in [1.165, 1.54) is 0 Å². The summed E-state index contributed by atoms with van der Waals surface area (Å²) in [6, 6.07) is 10.8. The highest BCUT2D eigenvalue weighted by Gasteiger charge is 2.14. The van der Waals surface area contributed by atoms with Gasteiger partial charge in [0.25, 0.3) is 0 Å². The number of benzene rings is 1. The topological polar surface area (TPSA) is 42.0 Å². The Morgan fingerprint density at radius 3 is 2.83 bits per heavy atom. The standard InChI is InChI=1S/C14H13BrN2O/c1-10(17-13-6-3-7-16-9-13)14(18)11-4-2-5-12(15)8-11/h2-10,17H,1H3. The van der Waals surface area contributed by atoms with E-state index >= 15 is 0 Å². The van der Waals surface area contributed by atoms with Crippen LogP contribution in [0.3, 0.4) is 0 Å². The first kappa shape index (κ1) is 12.8. The maximum Gasteiger partial charge on any atom is 0.184 e. The summed E-state index contributed by atoms with van der Waals surface area (Å²) in [5.41, 5.74) is 1.53.